The van der Waals surface area contributed by atoms with Crippen LogP contribution in [0, 0.1) is 0 Å². The van der Waals surface area contributed by atoms with E-state index < -0.39 is 23.5 Å². The van der Waals surface area contributed by atoms with Gasteiger partial charge in [0.05, 0.1) is 0 Å². The van der Waals surface area contributed by atoms with E-state index in [-0.39, 0.29) is 30.6 Å². The second kappa shape index (κ2) is 6.42. The molecule has 0 aromatic carbocycles. The van der Waals surface area contributed by atoms with Crippen LogP contribution in [0.1, 0.15) is 6.92 Å². The van der Waals surface area contributed by atoms with Gasteiger partial charge in [-0.15, -0.1) is 0 Å². The molecular weight excluding hydrogens is 391 g/mol. The van der Waals surface area contributed by atoms with Crippen molar-refractivity contribution in [1.82, 2.24) is 0 Å². The minimum absolute atomic E-state index is 0. The van der Waals surface area contributed by atoms with Crippen molar-refractivity contribution in [3.63, 3.8) is 0 Å². The van der Waals surface area contributed by atoms with Gasteiger partial charge in [-0.3, -0.25) is 0 Å². The Morgan fingerprint density at radius 2 is 1.57 bits per heavy atom. The van der Waals surface area contributed by atoms with E-state index in [0.29, 0.717) is 0 Å². The first-order chi connectivity index (χ1) is 8.47. The number of hydrogen-bond acceptors (Lipinski definition) is 2. The smallest absolute Gasteiger partial charge is 1.00 e. The van der Waals surface area contributed by atoms with Crippen LogP contribution >= 0.6 is 0 Å². The van der Waals surface area contributed by atoms with Gasteiger partial charge in [-0.2, -0.15) is 0 Å². The van der Waals surface area contributed by atoms with E-state index in [1.165, 1.54) is 16.4 Å². The van der Waals surface area contributed by atoms with Gasteiger partial charge in [0.25, 0.3) is 0 Å². The summed E-state index contributed by atoms with van der Waals surface area (Å²) in [5, 5.41) is 2.86. The number of Topliss-reactive ketones (excluding diaryl/α,β-unsaturated/α-hetero) is 1. The van der Waals surface area contributed by atoms with Gasteiger partial charge in [0.1, 0.15) is 0 Å². The van der Waals surface area contributed by atoms with Crippen LogP contribution < -0.4 is 24.8 Å². The predicted octanol–water partition coefficient (Wildman–Crippen LogP) is -2.54. The number of allylic oxidation sites excluding steroid dienone is 3. The molecule has 0 radical (unpaired) electrons. The first-order valence-electron chi connectivity index (χ1n) is 6.92. The van der Waals surface area contributed by atoms with Gasteiger partial charge in [-0.1, -0.05) is 0 Å². The van der Waals surface area contributed by atoms with Gasteiger partial charge >= 0.3 is 131 Å². The average Bonchev–Trinajstić information content (AvgIpc) is 2.83. The molecule has 117 valence electrons. The van der Waals surface area contributed by atoms with Crippen molar-refractivity contribution < 1.29 is 54.5 Å². The van der Waals surface area contributed by atoms with Gasteiger partial charge in [-0.05, 0) is 0 Å². The Balaban J connectivity index is 0.00000200. The summed E-state index contributed by atoms with van der Waals surface area (Å²) in [5.74, 6) is 0.938. The number of carbonyl (C=O) groups is 1. The molecule has 2 rings (SSSR count). The van der Waals surface area contributed by atoms with Crippen LogP contribution in [0.4, 0.5) is 0 Å². The molecule has 0 saturated carbocycles. The Bertz CT molecular complexity index is 538. The summed E-state index contributed by atoms with van der Waals surface area (Å²) in [7, 11) is -4.43. The Morgan fingerprint density at radius 1 is 1.10 bits per heavy atom. The fraction of sp³-hybridized carbons (Fsp3) is 0.615. The van der Waals surface area contributed by atoms with Crippen LogP contribution in [-0.2, 0) is 29.7 Å². The quantitative estimate of drug-likeness (QED) is 0.474. The molecule has 0 aromatic heterocycles. The number of hydrogen-bond donors (Lipinski definition) is 0. The number of carbonyl (C=O) groups excluding carboxylic acids is 1. The average molecular weight is 414 g/mol. The first kappa shape index (κ1) is 21.9. The Hall–Kier alpha value is 0.895. The minimum Gasteiger partial charge on any atom is -1.00 e. The maximum Gasteiger partial charge on any atom is -1.00 e. The van der Waals surface area contributed by atoms with Crippen molar-refractivity contribution in [2.24, 2.45) is 0 Å². The van der Waals surface area contributed by atoms with E-state index >= 15 is 0 Å². The monoisotopic (exact) mass is 413 g/mol. The zero-order valence-corrected chi connectivity index (χ0v) is 19.9. The third kappa shape index (κ3) is 3.25. The molecule has 21 heavy (non-hydrogen) atoms. The molecule has 8 heteroatoms. The standard InChI is InChI=1S/C13H23O2Si3.2ClH.Ti/c1-8-17(5,6)18(7)11-9-10(14)12(13(11)18)15-16(2,3)4;;;/h8H2,1-7H3;2*1H;/q;;;+2/p-2. The van der Waals surface area contributed by atoms with E-state index in [2.05, 4.69) is 46.2 Å². The van der Waals surface area contributed by atoms with Gasteiger partial charge < -0.3 is 24.8 Å². The summed E-state index contributed by atoms with van der Waals surface area (Å²) < 4.78 is 7.16. The predicted molar refractivity (Wildman–Crippen MR) is 83.1 cm³/mol. The fourth-order valence-electron chi connectivity index (χ4n) is 2.87. The zero-order valence-electron chi connectivity index (χ0n) is 13.8. The third-order valence-corrected chi connectivity index (χ3v) is 24.6. The molecule has 1 saturated heterocycles. The molecule has 0 bridgehead atoms. The maximum atomic E-state index is 12.3. The van der Waals surface area contributed by atoms with Crippen LogP contribution in [0.25, 0.3) is 0 Å². The molecule has 1 unspecified atom stereocenters. The van der Waals surface area contributed by atoms with Gasteiger partial charge in [-0.25, -0.2) is 0 Å². The third-order valence-electron chi connectivity index (χ3n) is 4.74. The number of rotatable bonds is 4. The Morgan fingerprint density at radius 3 is 1.95 bits per heavy atom. The molecule has 1 aliphatic heterocycles. The molecule has 0 spiro atoms. The van der Waals surface area contributed by atoms with Crippen LogP contribution in [0.2, 0.25) is 45.3 Å². The van der Waals surface area contributed by atoms with E-state index in [9.17, 15) is 4.79 Å². The van der Waals surface area contributed by atoms with Gasteiger partial charge in [0.2, 0.25) is 0 Å². The Labute approximate surface area is 155 Å². The van der Waals surface area contributed by atoms with E-state index in [1.807, 2.05) is 20.4 Å². The second-order valence-electron chi connectivity index (χ2n) is 7.36. The summed E-state index contributed by atoms with van der Waals surface area (Å²) in [6, 6.07) is 1.30. The summed E-state index contributed by atoms with van der Waals surface area (Å²) >= 11 is 2.01. The van der Waals surface area contributed by atoms with Crippen molar-refractivity contribution >= 4 is 29.3 Å². The van der Waals surface area contributed by atoms with Crippen LogP contribution in [0.5, 0.6) is 0 Å². The van der Waals surface area contributed by atoms with E-state index in [4.69, 9.17) is 4.43 Å². The fourth-order valence-corrected chi connectivity index (χ4v) is 18.8. The first-order valence-corrected chi connectivity index (χ1v) is 17.8. The molecule has 2 nitrogen and oxygen atoms in total. The van der Waals surface area contributed by atoms with E-state index in [0.717, 1.165) is 9.64 Å². The molecular formula is C13H23Cl2O2Si3Ti. The van der Waals surface area contributed by atoms with Gasteiger partial charge in [0, 0.05) is 0 Å². The van der Waals surface area contributed by atoms with Crippen molar-refractivity contribution in [1.29, 1.82) is 0 Å². The van der Waals surface area contributed by atoms with Crippen LogP contribution in [-0.4, -0.2) is 29.3 Å². The van der Waals surface area contributed by atoms with Crippen molar-refractivity contribution in [3.8, 4) is 0 Å². The summed E-state index contributed by atoms with van der Waals surface area (Å²) in [6.07, 6.45) is 0. The van der Waals surface area contributed by atoms with Gasteiger partial charge in [0.15, 0.2) is 0 Å². The molecule has 1 heterocycles. The topological polar surface area (TPSA) is 26.3 Å². The Kier molecular flexibility index (Phi) is 6.69. The number of fused-ring (bicyclic) bond motifs is 1. The van der Waals surface area contributed by atoms with Crippen LogP contribution in [0.15, 0.2) is 20.0 Å². The second-order valence-corrected chi connectivity index (χ2v) is 27.4. The van der Waals surface area contributed by atoms with Crippen molar-refractivity contribution in [2.75, 3.05) is 0 Å². The molecule has 0 amide bonds. The van der Waals surface area contributed by atoms with E-state index in [1.54, 1.807) is 0 Å². The molecule has 0 aromatic rings. The summed E-state index contributed by atoms with van der Waals surface area (Å²) in [6.45, 7) is 16.2. The van der Waals surface area contributed by atoms with Crippen LogP contribution in [0.3, 0.4) is 0 Å². The minimum atomic E-state index is -1.71. The molecule has 2 aliphatic rings. The maximum absolute atomic E-state index is 12.3. The number of halogens is 2. The normalized spacial score (nSPS) is 24.5. The summed E-state index contributed by atoms with van der Waals surface area (Å²) in [5.41, 5.74) is 0. The van der Waals surface area contributed by atoms with Crippen molar-refractivity contribution in [3.05, 3.63) is 20.0 Å². The molecule has 1 fully saturated rings. The zero-order chi connectivity index (χ0) is 14.8. The molecule has 0 N–H and O–H groups in total. The summed E-state index contributed by atoms with van der Waals surface area (Å²) in [4.78, 5) is 12.3. The number of ketones is 1. The van der Waals surface area contributed by atoms with Crippen molar-refractivity contribution in [2.45, 2.75) is 52.2 Å². The SMILES string of the molecule is CC[Si](C)(C)[Si]1(C)C2=[C]([Ti+2])C(=O)C(O[Si](C)(C)C)=C21.[Cl-].[Cl-]. The molecule has 1 aliphatic carbocycles. The largest absolute Gasteiger partial charge is 1.00 e. The molecule has 1 atom stereocenters.